The molecule has 1 atom stereocenters. The van der Waals surface area contributed by atoms with E-state index in [4.69, 9.17) is 0 Å². The second-order valence-corrected chi connectivity index (χ2v) is 3.66. The third-order valence-corrected chi connectivity index (χ3v) is 1.74. The van der Waals surface area contributed by atoms with Crippen LogP contribution in [0.1, 0.15) is 27.7 Å². The maximum atomic E-state index is 9.59. The Morgan fingerprint density at radius 2 is 1.70 bits per heavy atom. The van der Waals surface area contributed by atoms with Gasteiger partial charge in [-0.2, -0.15) is 0 Å². The van der Waals surface area contributed by atoms with Crippen LogP contribution in [-0.2, 0) is 0 Å². The van der Waals surface area contributed by atoms with Crippen molar-refractivity contribution < 1.29 is 5.11 Å². The van der Waals surface area contributed by atoms with Gasteiger partial charge < -0.3 is 10.4 Å². The summed E-state index contributed by atoms with van der Waals surface area (Å²) in [6, 6.07) is 0.174. The lowest BCUT2D eigenvalue weighted by Gasteiger charge is -2.32. The van der Waals surface area contributed by atoms with E-state index in [1.807, 2.05) is 20.9 Å². The fourth-order valence-corrected chi connectivity index (χ4v) is 1.50. The van der Waals surface area contributed by atoms with Crippen LogP contribution >= 0.6 is 0 Å². The number of rotatable bonds is 3. The highest BCUT2D eigenvalue weighted by atomic mass is 16.3. The topological polar surface area (TPSA) is 32.3 Å². The number of aliphatic hydroxyl groups is 1. The highest BCUT2D eigenvalue weighted by Crippen LogP contribution is 2.15. The summed E-state index contributed by atoms with van der Waals surface area (Å²) in [6.45, 7) is 7.85. The molecule has 0 bridgehead atoms. The third kappa shape index (κ3) is 2.67. The van der Waals surface area contributed by atoms with E-state index in [9.17, 15) is 5.11 Å². The zero-order valence-electron chi connectivity index (χ0n) is 7.60. The van der Waals surface area contributed by atoms with Crippen molar-refractivity contribution in [2.24, 2.45) is 5.92 Å². The van der Waals surface area contributed by atoms with Crippen molar-refractivity contribution in [2.75, 3.05) is 7.05 Å². The lowest BCUT2D eigenvalue weighted by atomic mass is 9.89. The summed E-state index contributed by atoms with van der Waals surface area (Å²) >= 11 is 0. The van der Waals surface area contributed by atoms with E-state index < -0.39 is 5.60 Å². The number of likely N-dealkylation sites (N-methyl/N-ethyl adjacent to an activating group) is 1. The molecule has 0 rings (SSSR count). The average molecular weight is 145 g/mol. The lowest BCUT2D eigenvalue weighted by molar-refractivity contribution is 0.0234. The Bertz CT molecular complexity index is 93.9. The van der Waals surface area contributed by atoms with Gasteiger partial charge in [-0.05, 0) is 26.8 Å². The van der Waals surface area contributed by atoms with Crippen molar-refractivity contribution >= 4 is 0 Å². The maximum Gasteiger partial charge on any atom is 0.0746 e. The molecule has 2 nitrogen and oxygen atoms in total. The molecule has 0 aromatic carbocycles. The molecule has 62 valence electrons. The van der Waals surface area contributed by atoms with Crippen LogP contribution < -0.4 is 5.32 Å². The predicted octanol–water partition coefficient (Wildman–Crippen LogP) is 1.00. The quantitative estimate of drug-likeness (QED) is 0.621. The first-order valence-corrected chi connectivity index (χ1v) is 3.79. The standard InChI is InChI=1S/C8H19NO/c1-6(2)7(9-5)8(3,4)10/h6-7,9-10H,1-5H3/t7-/m0/s1. The lowest BCUT2D eigenvalue weighted by Crippen LogP contribution is -2.48. The molecule has 0 saturated carbocycles. The fourth-order valence-electron chi connectivity index (χ4n) is 1.50. The van der Waals surface area contributed by atoms with Gasteiger partial charge in [0.25, 0.3) is 0 Å². The molecule has 0 aliphatic rings. The molecule has 0 aliphatic heterocycles. The van der Waals surface area contributed by atoms with Gasteiger partial charge in [-0.25, -0.2) is 0 Å². The van der Waals surface area contributed by atoms with Crippen LogP contribution in [-0.4, -0.2) is 23.8 Å². The first-order valence-electron chi connectivity index (χ1n) is 3.79. The van der Waals surface area contributed by atoms with Gasteiger partial charge in [0, 0.05) is 6.04 Å². The van der Waals surface area contributed by atoms with Crippen molar-refractivity contribution in [1.29, 1.82) is 0 Å². The Morgan fingerprint density at radius 1 is 1.30 bits per heavy atom. The molecule has 0 spiro atoms. The van der Waals surface area contributed by atoms with Crippen molar-refractivity contribution in [3.8, 4) is 0 Å². The Hall–Kier alpha value is -0.0800. The van der Waals surface area contributed by atoms with Gasteiger partial charge in [0.1, 0.15) is 0 Å². The molecular weight excluding hydrogens is 126 g/mol. The minimum Gasteiger partial charge on any atom is -0.389 e. The van der Waals surface area contributed by atoms with Gasteiger partial charge in [-0.1, -0.05) is 13.8 Å². The monoisotopic (exact) mass is 145 g/mol. The van der Waals surface area contributed by atoms with Crippen LogP contribution in [0.25, 0.3) is 0 Å². The fraction of sp³-hybridized carbons (Fsp3) is 1.00. The van der Waals surface area contributed by atoms with Crippen molar-refractivity contribution in [1.82, 2.24) is 5.32 Å². The summed E-state index contributed by atoms with van der Waals surface area (Å²) < 4.78 is 0. The van der Waals surface area contributed by atoms with Crippen LogP contribution in [0.15, 0.2) is 0 Å². The maximum absolute atomic E-state index is 9.59. The number of hydrogen-bond donors (Lipinski definition) is 2. The van der Waals surface area contributed by atoms with Crippen LogP contribution in [0.2, 0.25) is 0 Å². The van der Waals surface area contributed by atoms with Gasteiger partial charge in [0.15, 0.2) is 0 Å². The molecule has 0 unspecified atom stereocenters. The van der Waals surface area contributed by atoms with Crippen molar-refractivity contribution in [3.05, 3.63) is 0 Å². The Morgan fingerprint density at radius 3 is 1.70 bits per heavy atom. The van der Waals surface area contributed by atoms with E-state index in [-0.39, 0.29) is 6.04 Å². The molecule has 0 aromatic heterocycles. The van der Waals surface area contributed by atoms with E-state index in [1.165, 1.54) is 0 Å². The van der Waals surface area contributed by atoms with E-state index in [1.54, 1.807) is 0 Å². The second kappa shape index (κ2) is 3.35. The smallest absolute Gasteiger partial charge is 0.0746 e. The van der Waals surface area contributed by atoms with Gasteiger partial charge in [-0.15, -0.1) is 0 Å². The summed E-state index contributed by atoms with van der Waals surface area (Å²) in [5, 5.41) is 12.7. The zero-order valence-corrected chi connectivity index (χ0v) is 7.60. The zero-order chi connectivity index (χ0) is 8.36. The molecule has 0 heterocycles. The minimum absolute atomic E-state index is 0.174. The first kappa shape index (κ1) is 9.92. The summed E-state index contributed by atoms with van der Waals surface area (Å²) in [5.74, 6) is 0.463. The molecule has 2 N–H and O–H groups in total. The Balaban J connectivity index is 4.07. The largest absolute Gasteiger partial charge is 0.389 e. The van der Waals surface area contributed by atoms with E-state index in [0.717, 1.165) is 0 Å². The first-order chi connectivity index (χ1) is 4.39. The number of hydrogen-bond acceptors (Lipinski definition) is 2. The van der Waals surface area contributed by atoms with Gasteiger partial charge in [-0.3, -0.25) is 0 Å². The molecule has 0 aromatic rings. The molecule has 0 fully saturated rings. The van der Waals surface area contributed by atoms with Gasteiger partial charge in [0.05, 0.1) is 5.60 Å². The highest BCUT2D eigenvalue weighted by Gasteiger charge is 2.27. The van der Waals surface area contributed by atoms with Crippen LogP contribution in [0.3, 0.4) is 0 Å². The van der Waals surface area contributed by atoms with Crippen molar-refractivity contribution in [3.63, 3.8) is 0 Å². The third-order valence-electron chi connectivity index (χ3n) is 1.74. The van der Waals surface area contributed by atoms with Gasteiger partial charge in [0.2, 0.25) is 0 Å². The Labute approximate surface area is 63.6 Å². The second-order valence-electron chi connectivity index (χ2n) is 3.66. The SMILES string of the molecule is CN[C@@H](C(C)C)C(C)(C)O. The summed E-state index contributed by atoms with van der Waals surface area (Å²) in [7, 11) is 1.88. The van der Waals surface area contributed by atoms with Crippen LogP contribution in [0.5, 0.6) is 0 Å². The number of nitrogens with one attached hydrogen (secondary N) is 1. The summed E-state index contributed by atoms with van der Waals surface area (Å²) in [5.41, 5.74) is -0.622. The summed E-state index contributed by atoms with van der Waals surface area (Å²) in [6.07, 6.45) is 0. The van der Waals surface area contributed by atoms with E-state index >= 15 is 0 Å². The Kier molecular flexibility index (Phi) is 3.33. The van der Waals surface area contributed by atoms with Crippen LogP contribution in [0, 0.1) is 5.92 Å². The highest BCUT2D eigenvalue weighted by molar-refractivity contribution is 4.84. The molecular formula is C8H19NO. The molecule has 10 heavy (non-hydrogen) atoms. The molecule has 0 radical (unpaired) electrons. The van der Waals surface area contributed by atoms with Crippen LogP contribution in [0.4, 0.5) is 0 Å². The summed E-state index contributed by atoms with van der Waals surface area (Å²) in [4.78, 5) is 0. The molecule has 0 amide bonds. The average Bonchev–Trinajstić information content (AvgIpc) is 1.60. The van der Waals surface area contributed by atoms with Gasteiger partial charge >= 0.3 is 0 Å². The molecule has 2 heteroatoms. The predicted molar refractivity (Wildman–Crippen MR) is 44.0 cm³/mol. The minimum atomic E-state index is -0.622. The molecule has 0 saturated heterocycles. The molecule has 0 aliphatic carbocycles. The van der Waals surface area contributed by atoms with E-state index in [2.05, 4.69) is 19.2 Å². The normalized spacial score (nSPS) is 15.9. The van der Waals surface area contributed by atoms with Crippen molar-refractivity contribution in [2.45, 2.75) is 39.3 Å². The van der Waals surface area contributed by atoms with E-state index in [0.29, 0.717) is 5.92 Å².